The van der Waals surface area contributed by atoms with E-state index in [9.17, 15) is 10.1 Å². The average Bonchev–Trinajstić information content (AvgIpc) is 3.52. The molecule has 2 fully saturated rings. The Labute approximate surface area is 204 Å². The summed E-state index contributed by atoms with van der Waals surface area (Å²) in [5.41, 5.74) is 3.11. The maximum absolute atomic E-state index is 13.0. The topological polar surface area (TPSA) is 99.3 Å². The lowest BCUT2D eigenvalue weighted by Crippen LogP contribution is -2.41. The van der Waals surface area contributed by atoms with Gasteiger partial charge in [0, 0.05) is 25.5 Å². The number of carbonyl (C=O) groups is 1. The normalized spacial score (nSPS) is 18.3. The fourth-order valence-corrected chi connectivity index (χ4v) is 5.03. The summed E-state index contributed by atoms with van der Waals surface area (Å²) in [6, 6.07) is 13.8. The molecule has 2 aliphatic rings. The fourth-order valence-electron chi connectivity index (χ4n) is 5.03. The Morgan fingerprint density at radius 1 is 1.09 bits per heavy atom. The Morgan fingerprint density at radius 3 is 2.40 bits per heavy atom. The molecule has 8 heteroatoms. The Morgan fingerprint density at radius 2 is 1.80 bits per heavy atom. The molecule has 5 rings (SSSR count). The highest BCUT2D eigenvalue weighted by atomic mass is 16.7. The lowest BCUT2D eigenvalue weighted by molar-refractivity contribution is -0.182. The third kappa shape index (κ3) is 4.33. The van der Waals surface area contributed by atoms with Gasteiger partial charge in [-0.05, 0) is 55.7 Å². The molecule has 2 aromatic heterocycles. The van der Waals surface area contributed by atoms with Crippen LogP contribution in [0.5, 0.6) is 5.75 Å². The molecule has 0 atom stereocenters. The van der Waals surface area contributed by atoms with Gasteiger partial charge in [0.1, 0.15) is 5.75 Å². The predicted molar refractivity (Wildman–Crippen MR) is 128 cm³/mol. The number of benzene rings is 1. The monoisotopic (exact) mass is 472 g/mol. The van der Waals surface area contributed by atoms with Crippen LogP contribution >= 0.6 is 0 Å². The largest absolute Gasteiger partial charge is 0.497 e. The van der Waals surface area contributed by atoms with E-state index in [1.165, 1.54) is 0 Å². The highest BCUT2D eigenvalue weighted by molar-refractivity contribution is 5.98. The van der Waals surface area contributed by atoms with Gasteiger partial charge in [0.05, 0.1) is 60.6 Å². The first-order chi connectivity index (χ1) is 17.0. The number of ketones is 1. The van der Waals surface area contributed by atoms with Gasteiger partial charge in [-0.2, -0.15) is 10.4 Å². The predicted octanol–water partition coefficient (Wildman–Crippen LogP) is 4.09. The smallest absolute Gasteiger partial charge is 0.170 e. The van der Waals surface area contributed by atoms with Crippen LogP contribution in [0.25, 0.3) is 5.69 Å². The number of rotatable bonds is 6. The number of carbonyl (C=O) groups excluding carboxylic acids is 1. The molecule has 0 radical (unpaired) electrons. The van der Waals surface area contributed by atoms with Crippen LogP contribution in [0, 0.1) is 18.3 Å². The van der Waals surface area contributed by atoms with E-state index in [-0.39, 0.29) is 12.2 Å². The Balaban J connectivity index is 1.28. The molecule has 0 unspecified atom stereocenters. The van der Waals surface area contributed by atoms with Crippen molar-refractivity contribution in [3.05, 3.63) is 71.3 Å². The number of aromatic nitrogens is 3. The van der Waals surface area contributed by atoms with Crippen molar-refractivity contribution in [2.45, 2.75) is 50.2 Å². The van der Waals surface area contributed by atoms with Gasteiger partial charge in [-0.1, -0.05) is 6.07 Å². The minimum absolute atomic E-state index is 0.0260. The van der Waals surface area contributed by atoms with Crippen LogP contribution in [0.15, 0.2) is 48.8 Å². The Hall–Kier alpha value is -3.54. The standard InChI is InChI=1S/C27H28N4O4/c1-19-23(17-30-31(19)21-4-6-22(33-2)7-5-21)24(32)15-20-3-8-25(29-16-20)26(18-28)9-11-27(12-10-26)34-13-14-35-27/h3-8,16-17H,9-15H2,1-2H3. The van der Waals surface area contributed by atoms with Crippen LogP contribution < -0.4 is 4.74 Å². The van der Waals surface area contributed by atoms with E-state index in [2.05, 4.69) is 16.2 Å². The van der Waals surface area contributed by atoms with Gasteiger partial charge in [-0.25, -0.2) is 4.68 Å². The van der Waals surface area contributed by atoms with Crippen molar-refractivity contribution in [3.63, 3.8) is 0 Å². The van der Waals surface area contributed by atoms with Gasteiger partial charge < -0.3 is 14.2 Å². The van der Waals surface area contributed by atoms with Crippen molar-refractivity contribution < 1.29 is 19.0 Å². The second-order valence-corrected chi connectivity index (χ2v) is 9.21. The molecule has 3 aromatic rings. The molecule has 0 N–H and O–H groups in total. The number of methoxy groups -OCH3 is 1. The second-order valence-electron chi connectivity index (χ2n) is 9.21. The quantitative estimate of drug-likeness (QED) is 0.498. The van der Waals surface area contributed by atoms with Crippen LogP contribution in [0.2, 0.25) is 0 Å². The summed E-state index contributed by atoms with van der Waals surface area (Å²) in [5, 5.41) is 14.4. The molecule has 1 saturated heterocycles. The minimum atomic E-state index is -0.654. The number of hydrogen-bond acceptors (Lipinski definition) is 7. The highest BCUT2D eigenvalue weighted by Crippen LogP contribution is 2.45. The summed E-state index contributed by atoms with van der Waals surface area (Å²) < 4.78 is 18.6. The number of ether oxygens (including phenoxy) is 3. The lowest BCUT2D eigenvalue weighted by Gasteiger charge is -2.39. The van der Waals surface area contributed by atoms with Gasteiger partial charge >= 0.3 is 0 Å². The molecule has 1 spiro atoms. The molecule has 35 heavy (non-hydrogen) atoms. The molecule has 1 aliphatic carbocycles. The second kappa shape index (κ2) is 9.25. The van der Waals surface area contributed by atoms with E-state index in [0.717, 1.165) is 28.4 Å². The number of hydrogen-bond donors (Lipinski definition) is 0. The first-order valence-corrected chi connectivity index (χ1v) is 11.8. The first kappa shape index (κ1) is 23.2. The molecule has 8 nitrogen and oxygen atoms in total. The molecular weight excluding hydrogens is 444 g/mol. The summed E-state index contributed by atoms with van der Waals surface area (Å²) in [5.74, 6) is 0.208. The molecule has 1 aromatic carbocycles. The van der Waals surface area contributed by atoms with Crippen LogP contribution in [0.4, 0.5) is 0 Å². The van der Waals surface area contributed by atoms with Gasteiger partial charge in [0.25, 0.3) is 0 Å². The van der Waals surface area contributed by atoms with Crippen LogP contribution in [-0.4, -0.2) is 46.7 Å². The van der Waals surface area contributed by atoms with Gasteiger partial charge in [-0.3, -0.25) is 9.78 Å². The zero-order valence-corrected chi connectivity index (χ0v) is 20.0. The van der Waals surface area contributed by atoms with Crippen molar-refractivity contribution in [2.75, 3.05) is 20.3 Å². The fraction of sp³-hybridized carbons (Fsp3) is 0.407. The Bertz CT molecular complexity index is 1240. The molecule has 0 amide bonds. The molecule has 3 heterocycles. The average molecular weight is 473 g/mol. The van der Waals surface area contributed by atoms with Crippen molar-refractivity contribution >= 4 is 5.78 Å². The summed E-state index contributed by atoms with van der Waals surface area (Å²) >= 11 is 0. The molecule has 0 bridgehead atoms. The maximum Gasteiger partial charge on any atom is 0.170 e. The van der Waals surface area contributed by atoms with E-state index < -0.39 is 11.2 Å². The van der Waals surface area contributed by atoms with Gasteiger partial charge in [-0.15, -0.1) is 0 Å². The zero-order valence-electron chi connectivity index (χ0n) is 20.0. The first-order valence-electron chi connectivity index (χ1n) is 11.8. The van der Waals surface area contributed by atoms with Crippen LogP contribution in [0.1, 0.15) is 53.0 Å². The molecule has 1 saturated carbocycles. The van der Waals surface area contributed by atoms with Crippen molar-refractivity contribution in [3.8, 4) is 17.5 Å². The number of pyridine rings is 1. The van der Waals surface area contributed by atoms with E-state index in [0.29, 0.717) is 44.5 Å². The molecule has 180 valence electrons. The van der Waals surface area contributed by atoms with Crippen molar-refractivity contribution in [1.29, 1.82) is 5.26 Å². The summed E-state index contributed by atoms with van der Waals surface area (Å²) in [6.07, 6.45) is 6.17. The van der Waals surface area contributed by atoms with Crippen molar-refractivity contribution in [1.82, 2.24) is 14.8 Å². The minimum Gasteiger partial charge on any atom is -0.497 e. The van der Waals surface area contributed by atoms with Gasteiger partial charge in [0.2, 0.25) is 0 Å². The molecular formula is C27H28N4O4. The Kier molecular flexibility index (Phi) is 6.13. The summed E-state index contributed by atoms with van der Waals surface area (Å²) in [7, 11) is 1.62. The van der Waals surface area contributed by atoms with Gasteiger partial charge in [0.15, 0.2) is 11.6 Å². The number of nitriles is 1. The zero-order chi connectivity index (χ0) is 24.5. The van der Waals surface area contributed by atoms with Crippen LogP contribution in [0.3, 0.4) is 0 Å². The lowest BCUT2D eigenvalue weighted by atomic mass is 9.70. The SMILES string of the molecule is COc1ccc(-n2ncc(C(=O)Cc3ccc(C4(C#N)CCC5(CC4)OCCO5)nc3)c2C)cc1. The number of Topliss-reactive ketones (excluding diaryl/α,β-unsaturated/α-hetero) is 1. The highest BCUT2D eigenvalue weighted by Gasteiger charge is 2.48. The molecule has 1 aliphatic heterocycles. The third-order valence-electron chi connectivity index (χ3n) is 7.20. The summed E-state index contributed by atoms with van der Waals surface area (Å²) in [4.78, 5) is 17.7. The van der Waals surface area contributed by atoms with Crippen LogP contribution in [-0.2, 0) is 21.3 Å². The summed E-state index contributed by atoms with van der Waals surface area (Å²) in [6.45, 7) is 3.11. The van der Waals surface area contributed by atoms with Crippen molar-refractivity contribution in [2.24, 2.45) is 0 Å². The third-order valence-corrected chi connectivity index (χ3v) is 7.20. The van der Waals surface area contributed by atoms with E-state index in [4.69, 9.17) is 14.2 Å². The maximum atomic E-state index is 13.0. The van der Waals surface area contributed by atoms with E-state index >= 15 is 0 Å². The number of nitrogens with zero attached hydrogens (tertiary/aromatic N) is 4. The van der Waals surface area contributed by atoms with E-state index in [1.54, 1.807) is 24.2 Å². The van der Waals surface area contributed by atoms with E-state index in [1.807, 2.05) is 43.3 Å².